The fourth-order valence-corrected chi connectivity index (χ4v) is 2.66. The summed E-state index contributed by atoms with van der Waals surface area (Å²) in [6.07, 6.45) is 1.03. The molecule has 1 fully saturated rings. The zero-order valence-corrected chi connectivity index (χ0v) is 14.0. The summed E-state index contributed by atoms with van der Waals surface area (Å²) in [4.78, 5) is 38.0. The first-order valence-electron chi connectivity index (χ1n) is 7.76. The molecule has 0 saturated carbocycles. The summed E-state index contributed by atoms with van der Waals surface area (Å²) in [5.41, 5.74) is 0.437. The quantitative estimate of drug-likeness (QED) is 0.463. The molecule has 130 valence electrons. The van der Waals surface area contributed by atoms with Crippen LogP contribution in [0.1, 0.15) is 30.1 Å². The molecule has 1 aliphatic rings. The van der Waals surface area contributed by atoms with Gasteiger partial charge in [0.2, 0.25) is 0 Å². The van der Waals surface area contributed by atoms with Crippen molar-refractivity contribution in [1.82, 2.24) is 4.90 Å². The van der Waals surface area contributed by atoms with Crippen LogP contribution in [-0.2, 0) is 9.53 Å². The van der Waals surface area contributed by atoms with Crippen molar-refractivity contribution in [2.75, 3.05) is 32.1 Å². The Bertz CT molecular complexity index is 653. The van der Waals surface area contributed by atoms with Crippen LogP contribution in [0.25, 0.3) is 0 Å². The van der Waals surface area contributed by atoms with Gasteiger partial charge in [-0.25, -0.2) is 4.79 Å². The normalized spacial score (nSPS) is 15.0. The number of nitrogens with zero attached hydrogens (tertiary/aromatic N) is 3. The van der Waals surface area contributed by atoms with E-state index in [0.29, 0.717) is 5.69 Å². The number of nitro groups is 1. The van der Waals surface area contributed by atoms with Gasteiger partial charge >= 0.3 is 5.97 Å². The summed E-state index contributed by atoms with van der Waals surface area (Å²) in [5, 5.41) is 11.3. The molecule has 0 spiro atoms. The van der Waals surface area contributed by atoms with E-state index >= 15 is 0 Å². The van der Waals surface area contributed by atoms with Gasteiger partial charge in [-0.1, -0.05) is 0 Å². The molecule has 1 aromatic carbocycles. The van der Waals surface area contributed by atoms with E-state index in [0.717, 1.165) is 25.9 Å². The number of nitro benzene ring substituents is 1. The predicted molar refractivity (Wildman–Crippen MR) is 88.1 cm³/mol. The number of esters is 1. The van der Waals surface area contributed by atoms with Gasteiger partial charge < -0.3 is 14.5 Å². The molecule has 1 amide bonds. The molecular weight excluding hydrogens is 314 g/mol. The largest absolute Gasteiger partial charge is 0.449 e. The Balaban J connectivity index is 2.21. The number of carbonyl (C=O) groups excluding carboxylic acids is 2. The first-order valence-corrected chi connectivity index (χ1v) is 7.76. The van der Waals surface area contributed by atoms with Crippen LogP contribution in [0.4, 0.5) is 11.4 Å². The molecule has 0 unspecified atom stereocenters. The number of amides is 1. The van der Waals surface area contributed by atoms with E-state index in [4.69, 9.17) is 4.74 Å². The molecule has 0 N–H and O–H groups in total. The predicted octanol–water partition coefficient (Wildman–Crippen LogP) is 1.83. The number of benzene rings is 1. The van der Waals surface area contributed by atoms with Crippen LogP contribution in [0.5, 0.6) is 0 Å². The monoisotopic (exact) mass is 335 g/mol. The molecule has 1 saturated heterocycles. The third kappa shape index (κ3) is 3.81. The zero-order chi connectivity index (χ0) is 17.9. The molecule has 0 radical (unpaired) electrons. The molecule has 1 aromatic rings. The Morgan fingerprint density at radius 3 is 2.46 bits per heavy atom. The van der Waals surface area contributed by atoms with E-state index in [1.54, 1.807) is 20.2 Å². The highest BCUT2D eigenvalue weighted by molar-refractivity contribution is 5.93. The van der Waals surface area contributed by atoms with Crippen molar-refractivity contribution in [3.8, 4) is 0 Å². The fraction of sp³-hybridized carbons (Fsp3) is 0.500. The van der Waals surface area contributed by atoms with Crippen molar-refractivity contribution >= 4 is 23.3 Å². The van der Waals surface area contributed by atoms with Crippen LogP contribution in [0.2, 0.25) is 0 Å². The number of carbonyl (C=O) groups is 2. The number of likely N-dealkylation sites (N-methyl/N-ethyl adjacent to an activating group) is 1. The van der Waals surface area contributed by atoms with Crippen LogP contribution in [-0.4, -0.2) is 55.0 Å². The van der Waals surface area contributed by atoms with Crippen molar-refractivity contribution in [2.24, 2.45) is 0 Å². The average molecular weight is 335 g/mol. The average Bonchev–Trinajstić information content (AvgIpc) is 3.07. The lowest BCUT2D eigenvalue weighted by Gasteiger charge is -2.19. The van der Waals surface area contributed by atoms with Crippen molar-refractivity contribution in [2.45, 2.75) is 25.9 Å². The summed E-state index contributed by atoms with van der Waals surface area (Å²) < 4.78 is 5.09. The maximum absolute atomic E-state index is 12.2. The lowest BCUT2D eigenvalue weighted by atomic mass is 10.1. The summed E-state index contributed by atoms with van der Waals surface area (Å²) in [6.45, 7) is 2.99. The van der Waals surface area contributed by atoms with Gasteiger partial charge in [0.25, 0.3) is 11.6 Å². The summed E-state index contributed by atoms with van der Waals surface area (Å²) in [5.74, 6) is -1.11. The van der Waals surface area contributed by atoms with Gasteiger partial charge in [0.05, 0.1) is 10.5 Å². The van der Waals surface area contributed by atoms with E-state index < -0.39 is 17.0 Å². The Hall–Kier alpha value is -2.64. The first-order chi connectivity index (χ1) is 11.3. The van der Waals surface area contributed by atoms with Gasteiger partial charge in [-0.15, -0.1) is 0 Å². The van der Waals surface area contributed by atoms with Crippen LogP contribution < -0.4 is 4.90 Å². The molecule has 1 aliphatic heterocycles. The Kier molecular flexibility index (Phi) is 5.38. The molecule has 1 atom stereocenters. The van der Waals surface area contributed by atoms with Gasteiger partial charge in [-0.2, -0.15) is 0 Å². The van der Waals surface area contributed by atoms with Gasteiger partial charge in [0.1, 0.15) is 5.69 Å². The number of anilines is 1. The summed E-state index contributed by atoms with van der Waals surface area (Å²) >= 11 is 0. The topological polar surface area (TPSA) is 93.0 Å². The molecule has 1 heterocycles. The summed E-state index contributed by atoms with van der Waals surface area (Å²) in [6, 6.07) is 4.27. The van der Waals surface area contributed by atoms with Gasteiger partial charge in [-0.3, -0.25) is 14.9 Å². The van der Waals surface area contributed by atoms with E-state index in [9.17, 15) is 19.7 Å². The molecule has 0 aliphatic carbocycles. The Labute approximate surface area is 140 Å². The first kappa shape index (κ1) is 17.7. The summed E-state index contributed by atoms with van der Waals surface area (Å²) in [7, 11) is 3.12. The second kappa shape index (κ2) is 7.29. The van der Waals surface area contributed by atoms with E-state index in [-0.39, 0.29) is 17.2 Å². The molecule has 0 bridgehead atoms. The smallest absolute Gasteiger partial charge is 0.339 e. The maximum atomic E-state index is 12.2. The van der Waals surface area contributed by atoms with E-state index in [1.165, 1.54) is 24.0 Å². The van der Waals surface area contributed by atoms with Gasteiger partial charge in [-0.05, 0) is 31.9 Å². The second-order valence-electron chi connectivity index (χ2n) is 5.93. The molecule has 8 nitrogen and oxygen atoms in total. The molecule has 8 heteroatoms. The highest BCUT2D eigenvalue weighted by atomic mass is 16.6. The highest BCUT2D eigenvalue weighted by Crippen LogP contribution is 2.31. The van der Waals surface area contributed by atoms with Crippen LogP contribution in [0, 0.1) is 10.1 Å². The Morgan fingerprint density at radius 1 is 1.29 bits per heavy atom. The third-order valence-corrected chi connectivity index (χ3v) is 3.93. The van der Waals surface area contributed by atoms with E-state index in [2.05, 4.69) is 0 Å². The second-order valence-corrected chi connectivity index (χ2v) is 5.93. The van der Waals surface area contributed by atoms with Gasteiger partial charge in [0, 0.05) is 33.3 Å². The van der Waals surface area contributed by atoms with Crippen LogP contribution in [0.15, 0.2) is 18.2 Å². The standard InChI is InChI=1S/C16H21N3O5/c1-11(15(20)17(2)3)24-16(21)12-6-7-13(14(10-12)19(22)23)18-8-4-5-9-18/h6-7,10-11H,4-5,8-9H2,1-3H3/t11-/m0/s1. The minimum atomic E-state index is -0.954. The third-order valence-electron chi connectivity index (χ3n) is 3.93. The van der Waals surface area contributed by atoms with Crippen molar-refractivity contribution in [3.05, 3.63) is 33.9 Å². The molecule has 0 aromatic heterocycles. The number of hydrogen-bond acceptors (Lipinski definition) is 6. The Morgan fingerprint density at radius 2 is 1.92 bits per heavy atom. The molecule has 2 rings (SSSR count). The number of hydrogen-bond donors (Lipinski definition) is 0. The van der Waals surface area contributed by atoms with Crippen molar-refractivity contribution in [1.29, 1.82) is 0 Å². The number of ether oxygens (including phenoxy) is 1. The van der Waals surface area contributed by atoms with Gasteiger partial charge in [0.15, 0.2) is 6.10 Å². The fourth-order valence-electron chi connectivity index (χ4n) is 2.66. The number of rotatable bonds is 5. The lowest BCUT2D eigenvalue weighted by Crippen LogP contribution is -2.34. The SMILES string of the molecule is C[C@H](OC(=O)c1ccc(N2CCCC2)c([N+](=O)[O-])c1)C(=O)N(C)C. The van der Waals surface area contributed by atoms with Crippen molar-refractivity contribution < 1.29 is 19.2 Å². The highest BCUT2D eigenvalue weighted by Gasteiger charge is 2.26. The minimum absolute atomic E-state index is 0.0584. The van der Waals surface area contributed by atoms with E-state index in [1.807, 2.05) is 4.90 Å². The molecular formula is C16H21N3O5. The van der Waals surface area contributed by atoms with Crippen LogP contribution >= 0.6 is 0 Å². The molecule has 24 heavy (non-hydrogen) atoms. The lowest BCUT2D eigenvalue weighted by molar-refractivity contribution is -0.384. The maximum Gasteiger partial charge on any atom is 0.339 e. The van der Waals surface area contributed by atoms with Crippen LogP contribution in [0.3, 0.4) is 0 Å². The zero-order valence-electron chi connectivity index (χ0n) is 14.0. The minimum Gasteiger partial charge on any atom is -0.449 e. The van der Waals surface area contributed by atoms with Crippen molar-refractivity contribution in [3.63, 3.8) is 0 Å².